The van der Waals surface area contributed by atoms with Crippen molar-refractivity contribution in [2.75, 3.05) is 0 Å². The van der Waals surface area contributed by atoms with Gasteiger partial charge in [-0.15, -0.1) is 0 Å². The number of carboxylic acids is 1. The van der Waals surface area contributed by atoms with Crippen LogP contribution in [0.3, 0.4) is 0 Å². The maximum atomic E-state index is 13.3. The average Bonchev–Trinajstić information content (AvgIpc) is 2.19. The Morgan fingerprint density at radius 3 is 2.81 bits per heavy atom. The van der Waals surface area contributed by atoms with Crippen molar-refractivity contribution >= 4 is 12.3 Å². The fraction of sp³-hybridized carbons (Fsp3) is 0.273. The van der Waals surface area contributed by atoms with E-state index < -0.39 is 17.9 Å². The van der Waals surface area contributed by atoms with Crippen molar-refractivity contribution in [2.24, 2.45) is 0 Å². The minimum Gasteiger partial charge on any atom is -0.487 e. The lowest BCUT2D eigenvalue weighted by atomic mass is 10.2. The number of ether oxygens (including phenoxy) is 1. The Labute approximate surface area is 91.7 Å². The summed E-state index contributed by atoms with van der Waals surface area (Å²) in [6.45, 7) is 1.53. The van der Waals surface area contributed by atoms with Gasteiger partial charge in [-0.05, 0) is 25.1 Å². The quantitative estimate of drug-likeness (QED) is 0.778. The van der Waals surface area contributed by atoms with Gasteiger partial charge in [-0.2, -0.15) is 0 Å². The van der Waals surface area contributed by atoms with E-state index in [-0.39, 0.29) is 17.7 Å². The van der Waals surface area contributed by atoms with E-state index in [1.54, 1.807) is 0 Å². The minimum absolute atomic E-state index is 0.0562. The van der Waals surface area contributed by atoms with E-state index in [2.05, 4.69) is 0 Å². The van der Waals surface area contributed by atoms with Crippen molar-refractivity contribution in [2.45, 2.75) is 19.4 Å². The second-order valence-corrected chi connectivity index (χ2v) is 3.33. The molecule has 1 aromatic carbocycles. The molecule has 0 aromatic heterocycles. The van der Waals surface area contributed by atoms with Crippen LogP contribution in [0.2, 0.25) is 0 Å². The number of carbonyl (C=O) groups excluding carboxylic acids is 1. The Balaban J connectivity index is 2.74. The van der Waals surface area contributed by atoms with Gasteiger partial charge in [0.2, 0.25) is 0 Å². The molecule has 1 rings (SSSR count). The fourth-order valence-electron chi connectivity index (χ4n) is 1.19. The highest BCUT2D eigenvalue weighted by Gasteiger charge is 2.12. The van der Waals surface area contributed by atoms with Crippen LogP contribution in [0.15, 0.2) is 18.2 Å². The molecule has 0 saturated carbocycles. The van der Waals surface area contributed by atoms with Crippen LogP contribution < -0.4 is 4.74 Å². The number of carboxylic acid groups (broad SMARTS) is 1. The zero-order valence-corrected chi connectivity index (χ0v) is 8.64. The van der Waals surface area contributed by atoms with Crippen LogP contribution in [0.5, 0.6) is 5.75 Å². The summed E-state index contributed by atoms with van der Waals surface area (Å²) in [5.41, 5.74) is 0.204. The number of hydrogen-bond acceptors (Lipinski definition) is 3. The van der Waals surface area contributed by atoms with Crippen LogP contribution >= 0.6 is 0 Å². The molecule has 0 spiro atoms. The molecule has 0 amide bonds. The second-order valence-electron chi connectivity index (χ2n) is 3.33. The summed E-state index contributed by atoms with van der Waals surface area (Å²) in [6.07, 6.45) is -0.323. The lowest BCUT2D eigenvalue weighted by Crippen LogP contribution is -2.17. The SMILES string of the molecule is C[C@H](CC(=O)O)Oc1ccc(C=O)cc1F. The Morgan fingerprint density at radius 1 is 1.62 bits per heavy atom. The van der Waals surface area contributed by atoms with E-state index >= 15 is 0 Å². The number of aldehydes is 1. The van der Waals surface area contributed by atoms with Crippen molar-refractivity contribution in [1.82, 2.24) is 0 Å². The molecular weight excluding hydrogens is 215 g/mol. The molecule has 0 saturated heterocycles. The highest BCUT2D eigenvalue weighted by atomic mass is 19.1. The largest absolute Gasteiger partial charge is 0.487 e. The van der Waals surface area contributed by atoms with Crippen LogP contribution in [0, 0.1) is 5.82 Å². The number of rotatable bonds is 5. The maximum Gasteiger partial charge on any atom is 0.307 e. The topological polar surface area (TPSA) is 63.6 Å². The third kappa shape index (κ3) is 3.34. The van der Waals surface area contributed by atoms with E-state index in [1.807, 2.05) is 0 Å². The molecule has 0 heterocycles. The van der Waals surface area contributed by atoms with Gasteiger partial charge >= 0.3 is 5.97 Å². The molecule has 0 unspecified atom stereocenters. The van der Waals surface area contributed by atoms with Gasteiger partial charge in [-0.1, -0.05) is 0 Å². The molecule has 0 aliphatic heterocycles. The van der Waals surface area contributed by atoms with Gasteiger partial charge in [0, 0.05) is 5.56 Å². The van der Waals surface area contributed by atoms with Crippen molar-refractivity contribution in [3.8, 4) is 5.75 Å². The number of carbonyl (C=O) groups is 2. The first-order valence-electron chi connectivity index (χ1n) is 4.66. The minimum atomic E-state index is -1.02. The van der Waals surface area contributed by atoms with Crippen LogP contribution in [0.1, 0.15) is 23.7 Å². The lowest BCUT2D eigenvalue weighted by Gasteiger charge is -2.13. The monoisotopic (exact) mass is 226 g/mol. The number of aliphatic carboxylic acids is 1. The maximum absolute atomic E-state index is 13.3. The molecule has 0 aliphatic carbocycles. The third-order valence-corrected chi connectivity index (χ3v) is 1.88. The summed E-state index contributed by atoms with van der Waals surface area (Å²) in [6, 6.07) is 3.74. The smallest absolute Gasteiger partial charge is 0.307 e. The molecule has 4 nitrogen and oxygen atoms in total. The van der Waals surface area contributed by atoms with E-state index in [9.17, 15) is 14.0 Å². The van der Waals surface area contributed by atoms with Crippen molar-refractivity contribution in [3.63, 3.8) is 0 Å². The summed E-state index contributed by atoms with van der Waals surface area (Å²) in [5, 5.41) is 8.49. The predicted molar refractivity (Wildman–Crippen MR) is 54.1 cm³/mol. The molecule has 86 valence electrons. The molecule has 1 aromatic rings. The normalized spacial score (nSPS) is 11.9. The summed E-state index contributed by atoms with van der Waals surface area (Å²) in [7, 11) is 0. The Kier molecular flexibility index (Phi) is 3.99. The zero-order chi connectivity index (χ0) is 12.1. The van der Waals surface area contributed by atoms with E-state index in [0.717, 1.165) is 6.07 Å². The van der Waals surface area contributed by atoms with Gasteiger partial charge in [-0.3, -0.25) is 9.59 Å². The number of halogens is 1. The average molecular weight is 226 g/mol. The first kappa shape index (κ1) is 12.2. The lowest BCUT2D eigenvalue weighted by molar-refractivity contribution is -0.138. The van der Waals surface area contributed by atoms with E-state index in [1.165, 1.54) is 19.1 Å². The number of hydrogen-bond donors (Lipinski definition) is 1. The van der Waals surface area contributed by atoms with Crippen molar-refractivity contribution in [1.29, 1.82) is 0 Å². The Morgan fingerprint density at radius 2 is 2.31 bits per heavy atom. The molecular formula is C11H11FO4. The highest BCUT2D eigenvalue weighted by molar-refractivity contribution is 5.75. The van der Waals surface area contributed by atoms with Crippen molar-refractivity contribution < 1.29 is 23.8 Å². The molecule has 0 radical (unpaired) electrons. The van der Waals surface area contributed by atoms with Crippen LogP contribution in [-0.4, -0.2) is 23.5 Å². The third-order valence-electron chi connectivity index (χ3n) is 1.88. The standard InChI is InChI=1S/C11H11FO4/c1-7(4-11(14)15)16-10-3-2-8(6-13)5-9(10)12/h2-3,5-7H,4H2,1H3,(H,14,15)/t7-/m1/s1. The molecule has 0 bridgehead atoms. The predicted octanol–water partition coefficient (Wildman–Crippen LogP) is 1.88. The molecule has 16 heavy (non-hydrogen) atoms. The number of benzene rings is 1. The van der Waals surface area contributed by atoms with Crippen LogP contribution in [0.4, 0.5) is 4.39 Å². The molecule has 1 atom stereocenters. The van der Waals surface area contributed by atoms with E-state index in [4.69, 9.17) is 9.84 Å². The molecule has 0 fully saturated rings. The molecule has 5 heteroatoms. The van der Waals surface area contributed by atoms with Gasteiger partial charge in [0.15, 0.2) is 11.6 Å². The Bertz CT molecular complexity index is 403. The Hall–Kier alpha value is -1.91. The first-order valence-corrected chi connectivity index (χ1v) is 4.66. The summed E-state index contributed by atoms with van der Waals surface area (Å²) < 4.78 is 18.4. The van der Waals surface area contributed by atoms with Gasteiger partial charge < -0.3 is 9.84 Å². The zero-order valence-electron chi connectivity index (χ0n) is 8.64. The van der Waals surface area contributed by atoms with E-state index in [0.29, 0.717) is 6.29 Å². The summed E-state index contributed by atoms with van der Waals surface area (Å²) in [5.74, 6) is -1.75. The highest BCUT2D eigenvalue weighted by Crippen LogP contribution is 2.19. The van der Waals surface area contributed by atoms with Crippen LogP contribution in [0.25, 0.3) is 0 Å². The fourth-order valence-corrected chi connectivity index (χ4v) is 1.19. The molecule has 0 aliphatic rings. The van der Waals surface area contributed by atoms with Gasteiger partial charge in [0.05, 0.1) is 6.42 Å². The first-order chi connectivity index (χ1) is 7.52. The summed E-state index contributed by atoms with van der Waals surface area (Å²) >= 11 is 0. The van der Waals surface area contributed by atoms with Gasteiger partial charge in [-0.25, -0.2) is 4.39 Å². The molecule has 1 N–H and O–H groups in total. The van der Waals surface area contributed by atoms with Crippen molar-refractivity contribution in [3.05, 3.63) is 29.6 Å². The second kappa shape index (κ2) is 5.25. The van der Waals surface area contributed by atoms with Gasteiger partial charge in [0.25, 0.3) is 0 Å². The van der Waals surface area contributed by atoms with Crippen LogP contribution in [-0.2, 0) is 4.79 Å². The van der Waals surface area contributed by atoms with Gasteiger partial charge in [0.1, 0.15) is 12.4 Å². The summed E-state index contributed by atoms with van der Waals surface area (Å²) in [4.78, 5) is 20.7.